The van der Waals surface area contributed by atoms with Crippen LogP contribution in [0.5, 0.6) is 0 Å². The molecule has 3 heterocycles. The number of hydrogen-bond donors (Lipinski definition) is 0. The minimum atomic E-state index is -0.639. The Morgan fingerprint density at radius 3 is 2.61 bits per heavy atom. The van der Waals surface area contributed by atoms with Crippen molar-refractivity contribution in [2.45, 2.75) is 0 Å². The molecule has 0 unspecified atom stereocenters. The van der Waals surface area contributed by atoms with Gasteiger partial charge in [-0.25, -0.2) is 0 Å². The lowest BCUT2D eigenvalue weighted by molar-refractivity contribution is -0.384. The number of morpholine rings is 1. The maximum Gasteiger partial charge on any atom is 0.294 e. The number of hydrogen-bond acceptors (Lipinski definition) is 8. The molecule has 2 aliphatic rings. The van der Waals surface area contributed by atoms with Crippen molar-refractivity contribution in [3.05, 3.63) is 55.1 Å². The number of amides is 3. The van der Waals surface area contributed by atoms with Crippen LogP contribution < -0.4 is 0 Å². The molecule has 0 saturated carbocycles. The minimum Gasteiger partial charge on any atom is -0.457 e. The van der Waals surface area contributed by atoms with Crippen molar-refractivity contribution >= 4 is 63.8 Å². The Morgan fingerprint density at radius 1 is 1.18 bits per heavy atom. The van der Waals surface area contributed by atoms with Crippen molar-refractivity contribution in [1.82, 2.24) is 9.80 Å². The molecule has 1 aromatic carbocycles. The average Bonchev–Trinajstić information content (AvgIpc) is 3.34. The number of nitro benzene ring substituents is 1. The second-order valence-corrected chi connectivity index (χ2v) is 8.81. The SMILES string of the molecule is O=C(CN1C(=O)S/C(=C/c2ccc(-c3cc([N+](=O)[O-])c(Cl)cc3Cl)o2)C1=O)N1CCOCC1. The molecule has 172 valence electrons. The number of thioether (sulfide) groups is 1. The number of carbonyl (C=O) groups excluding carboxylic acids is 3. The Morgan fingerprint density at radius 2 is 1.91 bits per heavy atom. The zero-order valence-corrected chi connectivity index (χ0v) is 19.1. The number of imide groups is 1. The highest BCUT2D eigenvalue weighted by atomic mass is 35.5. The van der Waals surface area contributed by atoms with E-state index in [1.807, 2.05) is 0 Å². The summed E-state index contributed by atoms with van der Waals surface area (Å²) in [7, 11) is 0. The van der Waals surface area contributed by atoms with Crippen molar-refractivity contribution in [3.63, 3.8) is 0 Å². The molecule has 4 rings (SSSR count). The predicted molar refractivity (Wildman–Crippen MR) is 121 cm³/mol. The zero-order chi connectivity index (χ0) is 23.7. The van der Waals surface area contributed by atoms with Crippen molar-refractivity contribution in [3.8, 4) is 11.3 Å². The summed E-state index contributed by atoms with van der Waals surface area (Å²) in [6, 6.07) is 5.49. The molecule has 2 fully saturated rings. The summed E-state index contributed by atoms with van der Waals surface area (Å²) in [5, 5.41) is 10.6. The molecule has 0 spiro atoms. The van der Waals surface area contributed by atoms with Gasteiger partial charge in [-0.15, -0.1) is 0 Å². The Hall–Kier alpha value is -2.86. The molecule has 13 heteroatoms. The van der Waals surface area contributed by atoms with Gasteiger partial charge in [-0.1, -0.05) is 23.2 Å². The van der Waals surface area contributed by atoms with E-state index in [4.69, 9.17) is 32.4 Å². The van der Waals surface area contributed by atoms with Crippen LogP contribution in [-0.4, -0.2) is 64.6 Å². The van der Waals surface area contributed by atoms with Crippen LogP contribution in [0.2, 0.25) is 10.0 Å². The molecule has 0 bridgehead atoms. The Labute approximate surface area is 201 Å². The summed E-state index contributed by atoms with van der Waals surface area (Å²) in [5.74, 6) is -0.498. The number of carbonyl (C=O) groups is 3. The zero-order valence-electron chi connectivity index (χ0n) is 16.8. The van der Waals surface area contributed by atoms with E-state index in [-0.39, 0.29) is 50.2 Å². The number of furan rings is 1. The summed E-state index contributed by atoms with van der Waals surface area (Å²) in [4.78, 5) is 50.5. The molecule has 1 aromatic heterocycles. The molecular formula is C20H15Cl2N3O7S. The van der Waals surface area contributed by atoms with E-state index >= 15 is 0 Å². The van der Waals surface area contributed by atoms with Crippen molar-refractivity contribution in [2.75, 3.05) is 32.8 Å². The first kappa shape index (κ1) is 23.3. The number of nitro groups is 1. The Bertz CT molecular complexity index is 1190. The summed E-state index contributed by atoms with van der Waals surface area (Å²) in [5.41, 5.74) is -0.0864. The van der Waals surface area contributed by atoms with Crippen LogP contribution in [0.4, 0.5) is 10.5 Å². The van der Waals surface area contributed by atoms with Gasteiger partial charge in [0.05, 0.1) is 28.1 Å². The van der Waals surface area contributed by atoms with Crippen LogP contribution >= 0.6 is 35.0 Å². The van der Waals surface area contributed by atoms with Crippen molar-refractivity contribution < 1.29 is 28.5 Å². The van der Waals surface area contributed by atoms with E-state index in [9.17, 15) is 24.5 Å². The van der Waals surface area contributed by atoms with E-state index in [2.05, 4.69) is 0 Å². The molecule has 2 saturated heterocycles. The summed E-state index contributed by atoms with van der Waals surface area (Å²) in [6.07, 6.45) is 1.37. The van der Waals surface area contributed by atoms with Crippen LogP contribution in [-0.2, 0) is 14.3 Å². The van der Waals surface area contributed by atoms with E-state index in [1.165, 1.54) is 30.3 Å². The van der Waals surface area contributed by atoms with Crippen molar-refractivity contribution in [1.29, 1.82) is 0 Å². The fourth-order valence-electron chi connectivity index (χ4n) is 3.25. The predicted octanol–water partition coefficient (Wildman–Crippen LogP) is 4.06. The Kier molecular flexibility index (Phi) is 6.75. The Balaban J connectivity index is 1.52. The lowest BCUT2D eigenvalue weighted by Gasteiger charge is -2.27. The van der Waals surface area contributed by atoms with Gasteiger partial charge in [0.15, 0.2) is 0 Å². The largest absolute Gasteiger partial charge is 0.457 e. The number of nitrogens with zero attached hydrogens (tertiary/aromatic N) is 3. The molecule has 33 heavy (non-hydrogen) atoms. The van der Waals surface area contributed by atoms with Gasteiger partial charge in [0.25, 0.3) is 16.8 Å². The van der Waals surface area contributed by atoms with Crippen molar-refractivity contribution in [2.24, 2.45) is 0 Å². The highest BCUT2D eigenvalue weighted by Crippen LogP contribution is 2.38. The maximum absolute atomic E-state index is 12.7. The third-order valence-electron chi connectivity index (χ3n) is 4.93. The maximum atomic E-state index is 12.7. The molecule has 0 atom stereocenters. The van der Waals surface area contributed by atoms with Gasteiger partial charge in [0.2, 0.25) is 5.91 Å². The first-order valence-corrected chi connectivity index (χ1v) is 11.2. The number of halogens is 2. The molecule has 3 amide bonds. The van der Waals surface area contributed by atoms with E-state index in [0.717, 1.165) is 4.90 Å². The highest BCUT2D eigenvalue weighted by molar-refractivity contribution is 8.18. The van der Waals surface area contributed by atoms with E-state index in [0.29, 0.717) is 38.1 Å². The lowest BCUT2D eigenvalue weighted by Crippen LogP contribution is -2.46. The third kappa shape index (κ3) is 4.91. The minimum absolute atomic E-state index is 0.0869. The summed E-state index contributed by atoms with van der Waals surface area (Å²) in [6.45, 7) is 1.29. The molecule has 0 N–H and O–H groups in total. The summed E-state index contributed by atoms with van der Waals surface area (Å²) >= 11 is 12.7. The second kappa shape index (κ2) is 9.56. The molecule has 2 aromatic rings. The summed E-state index contributed by atoms with van der Waals surface area (Å²) < 4.78 is 10.9. The van der Waals surface area contributed by atoms with Gasteiger partial charge in [-0.2, -0.15) is 0 Å². The molecular weight excluding hydrogens is 497 g/mol. The van der Waals surface area contributed by atoms with Gasteiger partial charge in [-0.05, 0) is 30.0 Å². The molecule has 2 aliphatic heterocycles. The van der Waals surface area contributed by atoms with Gasteiger partial charge in [0.1, 0.15) is 23.1 Å². The van der Waals surface area contributed by atoms with Gasteiger partial charge >= 0.3 is 0 Å². The van der Waals surface area contributed by atoms with Gasteiger partial charge in [0, 0.05) is 30.8 Å². The highest BCUT2D eigenvalue weighted by Gasteiger charge is 2.37. The number of ether oxygens (including phenoxy) is 1. The topological polar surface area (TPSA) is 123 Å². The van der Waals surface area contributed by atoms with Crippen LogP contribution in [0, 0.1) is 10.1 Å². The van der Waals surface area contributed by atoms with Crippen LogP contribution in [0.25, 0.3) is 17.4 Å². The molecule has 0 radical (unpaired) electrons. The fraction of sp³-hybridized carbons (Fsp3) is 0.250. The van der Waals surface area contributed by atoms with Crippen LogP contribution in [0.1, 0.15) is 5.76 Å². The standard InChI is InChI=1S/C20H15Cl2N3O7S/c21-13-9-14(22)15(25(29)30)8-12(13)16-2-1-11(32-16)7-17-19(27)24(20(28)33-17)10-18(26)23-3-5-31-6-4-23/h1-2,7-9H,3-6,10H2/b17-7+. The number of rotatable bonds is 5. The smallest absolute Gasteiger partial charge is 0.294 e. The quantitative estimate of drug-likeness (QED) is 0.334. The van der Waals surface area contributed by atoms with E-state index < -0.39 is 16.1 Å². The third-order valence-corrected chi connectivity index (χ3v) is 6.45. The van der Waals surface area contributed by atoms with Crippen LogP contribution in [0.3, 0.4) is 0 Å². The monoisotopic (exact) mass is 511 g/mol. The van der Waals surface area contributed by atoms with E-state index in [1.54, 1.807) is 4.90 Å². The van der Waals surface area contributed by atoms with Crippen LogP contribution in [0.15, 0.2) is 33.6 Å². The number of benzene rings is 1. The average molecular weight is 512 g/mol. The second-order valence-electron chi connectivity index (χ2n) is 7.00. The lowest BCUT2D eigenvalue weighted by atomic mass is 10.1. The first-order chi connectivity index (χ1) is 15.7. The molecule has 10 nitrogen and oxygen atoms in total. The fourth-order valence-corrected chi connectivity index (χ4v) is 4.62. The normalized spacial score (nSPS) is 17.8. The van der Waals surface area contributed by atoms with Gasteiger partial charge < -0.3 is 14.1 Å². The first-order valence-electron chi connectivity index (χ1n) is 9.59. The van der Waals surface area contributed by atoms with Gasteiger partial charge in [-0.3, -0.25) is 29.4 Å². The molecule has 0 aliphatic carbocycles.